The number of fused-ring (bicyclic) bond motifs is 2. The van der Waals surface area contributed by atoms with E-state index in [9.17, 15) is 35.1 Å². The molecule has 1 radical (unpaired) electrons. The van der Waals surface area contributed by atoms with E-state index in [1.165, 1.54) is 0 Å². The van der Waals surface area contributed by atoms with Crippen LogP contribution in [0.15, 0.2) is 170 Å². The van der Waals surface area contributed by atoms with Crippen molar-refractivity contribution in [2.45, 2.75) is 41.5 Å². The third-order valence-electron chi connectivity index (χ3n) is 6.33. The minimum absolute atomic E-state index is 0. The quantitative estimate of drug-likeness (QED) is 0.122. The number of benzene rings is 6. The zero-order valence-corrected chi connectivity index (χ0v) is 35.6. The van der Waals surface area contributed by atoms with Crippen LogP contribution in [0.5, 0.6) is 0 Å². The Labute approximate surface area is 352 Å². The molecule has 0 aromatic heterocycles. The summed E-state index contributed by atoms with van der Waals surface area (Å²) >= 11 is 0. The fraction of sp³-hybridized carbons (Fsp3) is 0.128. The van der Waals surface area contributed by atoms with Gasteiger partial charge in [0, 0.05) is 57.0 Å². The minimum atomic E-state index is -1.67. The van der Waals surface area contributed by atoms with Gasteiger partial charge < -0.3 is 7.43 Å². The van der Waals surface area contributed by atoms with E-state index in [4.69, 9.17) is 0 Å². The van der Waals surface area contributed by atoms with E-state index < -0.39 is 24.3 Å². The molecule has 0 N–H and O–H groups in total. The molecule has 0 saturated carbocycles. The van der Waals surface area contributed by atoms with Gasteiger partial charge in [-0.05, 0) is 43.8 Å². The molecule has 6 aromatic carbocycles. The van der Waals surface area contributed by atoms with Crippen LogP contribution in [0.4, 0.5) is 35.1 Å². The molecule has 0 fully saturated rings. The van der Waals surface area contributed by atoms with Crippen LogP contribution in [0.3, 0.4) is 0 Å². The van der Waals surface area contributed by atoms with Crippen LogP contribution in [0, 0.1) is 7.43 Å². The summed E-state index contributed by atoms with van der Waals surface area (Å²) in [4.78, 5) is 0. The molecule has 9 heteroatoms. The zero-order valence-electron chi connectivity index (χ0n) is 32.8. The Hall–Kier alpha value is -4.66. The van der Waals surface area contributed by atoms with Crippen molar-refractivity contribution in [3.8, 4) is 0 Å². The number of halogens is 8. The van der Waals surface area contributed by atoms with Gasteiger partial charge in [0.15, 0.2) is 0 Å². The second-order valence-electron chi connectivity index (χ2n) is 9.69. The first kappa shape index (κ1) is 55.7. The Morgan fingerprint density at radius 3 is 0.857 bits per heavy atom. The number of rotatable bonds is 4. The third-order valence-corrected chi connectivity index (χ3v) is 6.33. The maximum Gasteiger partial charge on any atom is 0.270 e. The molecule has 297 valence electrons. The van der Waals surface area contributed by atoms with E-state index in [0.717, 1.165) is 45.8 Å². The Kier molecular flexibility index (Phi) is 34.6. The predicted molar refractivity (Wildman–Crippen MR) is 222 cm³/mol. The summed E-state index contributed by atoms with van der Waals surface area (Å²) in [6.07, 6.45) is -3.20. The topological polar surface area (TPSA) is 0 Å². The monoisotopic (exact) mass is 854 g/mol. The van der Waals surface area contributed by atoms with Gasteiger partial charge in [0.1, 0.15) is 0 Å². The molecule has 56 heavy (non-hydrogen) atoms. The van der Waals surface area contributed by atoms with Crippen LogP contribution >= 0.6 is 0 Å². The van der Waals surface area contributed by atoms with Crippen molar-refractivity contribution in [1.82, 2.24) is 0 Å². The molecule has 0 aliphatic heterocycles. The van der Waals surface area contributed by atoms with Gasteiger partial charge in [-0.15, -0.1) is 0 Å². The Bertz CT molecular complexity index is 1830. The molecule has 0 amide bonds. The van der Waals surface area contributed by atoms with Gasteiger partial charge >= 0.3 is 0 Å². The normalized spacial score (nSPS) is 8.61. The van der Waals surface area contributed by atoms with Gasteiger partial charge in [-0.1, -0.05) is 187 Å². The smallest absolute Gasteiger partial charge is 0.270 e. The van der Waals surface area contributed by atoms with E-state index in [-0.39, 0.29) is 40.1 Å². The van der Waals surface area contributed by atoms with Gasteiger partial charge in [-0.2, -0.15) is 35.1 Å². The maximum absolute atomic E-state index is 12.1. The molecule has 0 bridgehead atoms. The van der Waals surface area contributed by atoms with E-state index in [2.05, 4.69) is 0 Å². The van der Waals surface area contributed by atoms with Crippen LogP contribution in [-0.4, -0.2) is 0 Å². The van der Waals surface area contributed by atoms with E-state index in [0.29, 0.717) is 22.3 Å². The summed E-state index contributed by atoms with van der Waals surface area (Å²) in [5.74, 6) is 0. The van der Waals surface area contributed by atoms with Crippen molar-refractivity contribution in [2.24, 2.45) is 0 Å². The van der Waals surface area contributed by atoms with E-state index in [1.54, 1.807) is 84.9 Å². The molecule has 0 aliphatic carbocycles. The van der Waals surface area contributed by atoms with Crippen molar-refractivity contribution in [3.05, 3.63) is 200 Å². The molecule has 0 nitrogen and oxygen atoms in total. The first-order valence-corrected chi connectivity index (χ1v) is 17.3. The molecule has 6 rings (SSSR count). The number of hydrogen-bond donors (Lipinski definition) is 0. The largest absolute Gasteiger partial charge is 0.358 e. The van der Waals surface area contributed by atoms with Gasteiger partial charge in [0.25, 0.3) is 24.3 Å². The van der Waals surface area contributed by atoms with E-state index >= 15 is 0 Å². The first-order valence-electron chi connectivity index (χ1n) is 17.3. The first-order chi connectivity index (χ1) is 26.1. The van der Waals surface area contributed by atoms with Crippen molar-refractivity contribution >= 4 is 45.8 Å². The summed E-state index contributed by atoms with van der Waals surface area (Å²) in [5, 5.41) is 3.65. The van der Waals surface area contributed by atoms with Crippen LogP contribution in [-0.2, 0) is 32.7 Å². The number of hydrogen-bond acceptors (Lipinski definition) is 0. The van der Waals surface area contributed by atoms with Gasteiger partial charge in [0.05, 0.1) is 0 Å². The fourth-order valence-electron chi connectivity index (χ4n) is 4.34. The Balaban J connectivity index is -0.000000638. The standard InChI is InChI=1S/2C12H8F2.2C8H6F2.3C2H6.CH3.Y/c2*13-12(14)8-10-6-3-5-9-4-1-2-7-11(9)10;2*9-8(10)6-7-4-2-1-3-5-7;3*1-2;;/h2*1-8H;2*1-6H;3*1-2H3;1H3;/q;;;;;;;-1;. The summed E-state index contributed by atoms with van der Waals surface area (Å²) < 4.78 is 94.8. The molecular formula is C47H49F8Y-. The van der Waals surface area contributed by atoms with Gasteiger partial charge in [-0.3, -0.25) is 0 Å². The summed E-state index contributed by atoms with van der Waals surface area (Å²) in [6.45, 7) is 12.0. The molecule has 6 aromatic rings. The third kappa shape index (κ3) is 24.0. The van der Waals surface area contributed by atoms with Crippen LogP contribution < -0.4 is 0 Å². The second-order valence-corrected chi connectivity index (χ2v) is 9.69. The average Bonchev–Trinajstić information content (AvgIpc) is 3.18. The van der Waals surface area contributed by atoms with Crippen molar-refractivity contribution in [2.75, 3.05) is 0 Å². The van der Waals surface area contributed by atoms with Crippen molar-refractivity contribution < 1.29 is 67.8 Å². The molecule has 0 spiro atoms. The molecular weight excluding hydrogens is 805 g/mol. The Morgan fingerprint density at radius 1 is 0.321 bits per heavy atom. The van der Waals surface area contributed by atoms with E-state index in [1.807, 2.05) is 102 Å². The SMILES string of the molecule is CC.CC.CC.FC(F)=Cc1cccc2ccccc12.FC(F)=Cc1cccc2ccccc12.FC(F)=Cc1ccccc1.FC(F)=Cc1ccccc1.[CH3-].[Y]. The molecule has 0 unspecified atom stereocenters. The second kappa shape index (κ2) is 34.8. The average molecular weight is 855 g/mol. The fourth-order valence-corrected chi connectivity index (χ4v) is 4.34. The van der Waals surface area contributed by atoms with Gasteiger partial charge in [-0.25, -0.2) is 0 Å². The molecule has 0 heterocycles. The van der Waals surface area contributed by atoms with Crippen LogP contribution in [0.2, 0.25) is 0 Å². The summed E-state index contributed by atoms with van der Waals surface area (Å²) in [5.41, 5.74) is 2.18. The minimum Gasteiger partial charge on any atom is -0.358 e. The van der Waals surface area contributed by atoms with Crippen molar-refractivity contribution in [1.29, 1.82) is 0 Å². The van der Waals surface area contributed by atoms with Crippen LogP contribution in [0.1, 0.15) is 63.8 Å². The predicted octanol–water partition coefficient (Wildman–Crippen LogP) is 17.5. The summed E-state index contributed by atoms with van der Waals surface area (Å²) in [7, 11) is 0. The van der Waals surface area contributed by atoms with Crippen LogP contribution in [0.25, 0.3) is 45.8 Å². The zero-order chi connectivity index (χ0) is 40.7. The molecule has 0 saturated heterocycles. The molecule has 0 atom stereocenters. The van der Waals surface area contributed by atoms with Gasteiger partial charge in [0.2, 0.25) is 0 Å². The van der Waals surface area contributed by atoms with Crippen molar-refractivity contribution in [3.63, 3.8) is 0 Å². The summed E-state index contributed by atoms with van der Waals surface area (Å²) in [6, 6.07) is 42.6. The Morgan fingerprint density at radius 2 is 0.571 bits per heavy atom. The maximum atomic E-state index is 12.1. The molecule has 0 aliphatic rings.